The second kappa shape index (κ2) is 5.35. The van der Waals surface area contributed by atoms with Gasteiger partial charge in [0.25, 0.3) is 0 Å². The molecule has 0 aliphatic heterocycles. The van der Waals surface area contributed by atoms with Crippen molar-refractivity contribution in [1.29, 1.82) is 0 Å². The molecule has 2 rings (SSSR count). The van der Waals surface area contributed by atoms with E-state index >= 15 is 0 Å². The van der Waals surface area contributed by atoms with Crippen LogP contribution in [0.2, 0.25) is 0 Å². The van der Waals surface area contributed by atoms with Crippen molar-refractivity contribution in [3.63, 3.8) is 0 Å². The monoisotopic (exact) mass is 289 g/mol. The fourth-order valence-corrected chi connectivity index (χ4v) is 2.16. The Morgan fingerprint density at radius 3 is 2.57 bits per heavy atom. The average Bonchev–Trinajstić information content (AvgIpc) is 2.67. The number of hydrogen-bond acceptors (Lipinski definition) is 5. The van der Waals surface area contributed by atoms with Gasteiger partial charge in [0.05, 0.1) is 4.92 Å². The summed E-state index contributed by atoms with van der Waals surface area (Å²) in [5.74, 6) is -0.421. The van der Waals surface area contributed by atoms with Gasteiger partial charge in [-0.15, -0.1) is 0 Å². The lowest BCUT2D eigenvalue weighted by Gasteiger charge is -2.07. The van der Waals surface area contributed by atoms with Crippen LogP contribution in [-0.4, -0.2) is 20.7 Å². The van der Waals surface area contributed by atoms with Gasteiger partial charge in [0.15, 0.2) is 0 Å². The summed E-state index contributed by atoms with van der Waals surface area (Å²) >= 11 is 0. The number of aryl methyl sites for hydroxylation is 4. The first-order valence-corrected chi connectivity index (χ1v) is 6.28. The molecule has 7 nitrogen and oxygen atoms in total. The first-order chi connectivity index (χ1) is 9.81. The Morgan fingerprint density at radius 1 is 1.33 bits per heavy atom. The van der Waals surface area contributed by atoms with Gasteiger partial charge >= 0.3 is 11.7 Å². The molecule has 0 radical (unpaired) electrons. The second-order valence-corrected chi connectivity index (χ2v) is 4.82. The van der Waals surface area contributed by atoms with Crippen LogP contribution in [0.4, 0.5) is 5.69 Å². The van der Waals surface area contributed by atoms with Crippen LogP contribution in [0.1, 0.15) is 27.3 Å². The summed E-state index contributed by atoms with van der Waals surface area (Å²) < 4.78 is 6.43. The van der Waals surface area contributed by atoms with E-state index in [9.17, 15) is 14.9 Å². The second-order valence-electron chi connectivity index (χ2n) is 4.82. The van der Waals surface area contributed by atoms with E-state index in [0.29, 0.717) is 5.75 Å². The standard InChI is InChI=1S/C14H15N3O4/c1-8-5-6-11(9(2)7-8)21-14(18)13-12(17(19)20)10(3)15-16(13)4/h5-7H,1-4H3. The predicted octanol–water partition coefficient (Wildman–Crippen LogP) is 2.47. The Kier molecular flexibility index (Phi) is 3.75. The van der Waals surface area contributed by atoms with Crippen LogP contribution < -0.4 is 4.74 Å². The molecule has 0 aliphatic rings. The van der Waals surface area contributed by atoms with Gasteiger partial charge in [-0.25, -0.2) is 4.79 Å². The Bertz CT molecular complexity index is 734. The van der Waals surface area contributed by atoms with Gasteiger partial charge in [0, 0.05) is 7.05 Å². The molecule has 0 saturated carbocycles. The smallest absolute Gasteiger partial charge is 0.369 e. The van der Waals surface area contributed by atoms with E-state index in [1.54, 1.807) is 19.1 Å². The van der Waals surface area contributed by atoms with Crippen LogP contribution in [0.15, 0.2) is 18.2 Å². The van der Waals surface area contributed by atoms with Crippen molar-refractivity contribution < 1.29 is 14.5 Å². The fourth-order valence-electron chi connectivity index (χ4n) is 2.16. The minimum absolute atomic E-state index is 0.169. The molecule has 1 aromatic heterocycles. The Hall–Kier alpha value is -2.70. The SMILES string of the molecule is Cc1ccc(OC(=O)c2c([N+](=O)[O-])c(C)nn2C)c(C)c1. The number of benzene rings is 1. The number of hydrogen-bond donors (Lipinski definition) is 0. The highest BCUT2D eigenvalue weighted by atomic mass is 16.6. The molecule has 0 atom stereocenters. The third-order valence-corrected chi connectivity index (χ3v) is 3.10. The summed E-state index contributed by atoms with van der Waals surface area (Å²) in [7, 11) is 1.47. The van der Waals surface area contributed by atoms with Crippen LogP contribution in [0, 0.1) is 30.9 Å². The molecule has 0 saturated heterocycles. The molecule has 0 amide bonds. The van der Waals surface area contributed by atoms with Gasteiger partial charge in [0.1, 0.15) is 11.4 Å². The molecule has 0 aliphatic carbocycles. The molecule has 0 spiro atoms. The minimum Gasteiger partial charge on any atom is -0.421 e. The Labute approximate surface area is 121 Å². The van der Waals surface area contributed by atoms with Gasteiger partial charge in [-0.2, -0.15) is 5.10 Å². The maximum Gasteiger partial charge on any atom is 0.369 e. The van der Waals surface area contributed by atoms with E-state index in [1.165, 1.54) is 18.7 Å². The largest absolute Gasteiger partial charge is 0.421 e. The third-order valence-electron chi connectivity index (χ3n) is 3.10. The van der Waals surface area contributed by atoms with Crippen LogP contribution in [0.25, 0.3) is 0 Å². The van der Waals surface area contributed by atoms with Crippen molar-refractivity contribution in [3.05, 3.63) is 50.8 Å². The van der Waals surface area contributed by atoms with Crippen LogP contribution in [-0.2, 0) is 7.05 Å². The lowest BCUT2D eigenvalue weighted by molar-refractivity contribution is -0.385. The predicted molar refractivity (Wildman–Crippen MR) is 75.5 cm³/mol. The van der Waals surface area contributed by atoms with Crippen molar-refractivity contribution in [2.45, 2.75) is 20.8 Å². The third kappa shape index (κ3) is 2.76. The van der Waals surface area contributed by atoms with Gasteiger partial charge in [0.2, 0.25) is 5.69 Å². The number of nitrogens with zero attached hydrogens (tertiary/aromatic N) is 3. The number of ether oxygens (including phenoxy) is 1. The van der Waals surface area contributed by atoms with E-state index in [2.05, 4.69) is 5.10 Å². The number of esters is 1. The molecule has 7 heteroatoms. The van der Waals surface area contributed by atoms with Gasteiger partial charge in [-0.3, -0.25) is 14.8 Å². The highest BCUT2D eigenvalue weighted by Crippen LogP contribution is 2.25. The summed E-state index contributed by atoms with van der Waals surface area (Å²) in [6, 6.07) is 5.33. The normalized spacial score (nSPS) is 10.5. The summed E-state index contributed by atoms with van der Waals surface area (Å²) in [4.78, 5) is 22.7. The van der Waals surface area contributed by atoms with E-state index in [-0.39, 0.29) is 17.1 Å². The van der Waals surface area contributed by atoms with Gasteiger partial charge in [-0.05, 0) is 32.4 Å². The quantitative estimate of drug-likeness (QED) is 0.375. The number of nitro groups is 1. The van der Waals surface area contributed by atoms with E-state index in [4.69, 9.17) is 4.74 Å². The van der Waals surface area contributed by atoms with E-state index in [0.717, 1.165) is 11.1 Å². The number of rotatable bonds is 3. The van der Waals surface area contributed by atoms with Crippen LogP contribution >= 0.6 is 0 Å². The lowest BCUT2D eigenvalue weighted by atomic mass is 10.1. The molecule has 1 heterocycles. The highest BCUT2D eigenvalue weighted by Gasteiger charge is 2.30. The van der Waals surface area contributed by atoms with Crippen molar-refractivity contribution >= 4 is 11.7 Å². The van der Waals surface area contributed by atoms with E-state index < -0.39 is 10.9 Å². The molecule has 0 fully saturated rings. The van der Waals surface area contributed by atoms with Crippen molar-refractivity contribution in [2.75, 3.05) is 0 Å². The molecule has 0 unspecified atom stereocenters. The molecule has 110 valence electrons. The van der Waals surface area contributed by atoms with Crippen LogP contribution in [0.5, 0.6) is 5.75 Å². The zero-order valence-corrected chi connectivity index (χ0v) is 12.2. The number of aromatic nitrogens is 2. The van der Waals surface area contributed by atoms with Gasteiger partial charge < -0.3 is 4.74 Å². The van der Waals surface area contributed by atoms with Crippen molar-refractivity contribution in [3.8, 4) is 5.75 Å². The number of carbonyl (C=O) groups excluding carboxylic acids is 1. The molecule has 1 aromatic carbocycles. The number of carbonyl (C=O) groups is 1. The zero-order chi connectivity index (χ0) is 15.7. The Balaban J connectivity index is 2.39. The Morgan fingerprint density at radius 2 is 2.00 bits per heavy atom. The van der Waals surface area contributed by atoms with Crippen molar-refractivity contribution in [1.82, 2.24) is 9.78 Å². The topological polar surface area (TPSA) is 87.3 Å². The maximum absolute atomic E-state index is 12.2. The highest BCUT2D eigenvalue weighted by molar-refractivity contribution is 5.94. The summed E-state index contributed by atoms with van der Waals surface area (Å²) in [6.45, 7) is 5.21. The maximum atomic E-state index is 12.2. The fraction of sp³-hybridized carbons (Fsp3) is 0.286. The first-order valence-electron chi connectivity index (χ1n) is 6.28. The average molecular weight is 289 g/mol. The lowest BCUT2D eigenvalue weighted by Crippen LogP contribution is -2.15. The summed E-state index contributed by atoms with van der Waals surface area (Å²) in [6.07, 6.45) is 0. The van der Waals surface area contributed by atoms with E-state index in [1.807, 2.05) is 13.0 Å². The minimum atomic E-state index is -0.795. The summed E-state index contributed by atoms with van der Waals surface area (Å²) in [5, 5.41) is 15.0. The molecular weight excluding hydrogens is 274 g/mol. The zero-order valence-electron chi connectivity index (χ0n) is 12.2. The first kappa shape index (κ1) is 14.7. The van der Waals surface area contributed by atoms with Crippen LogP contribution in [0.3, 0.4) is 0 Å². The molecule has 21 heavy (non-hydrogen) atoms. The van der Waals surface area contributed by atoms with Crippen molar-refractivity contribution in [2.24, 2.45) is 7.05 Å². The summed E-state index contributed by atoms with van der Waals surface area (Å²) in [5.41, 5.74) is 1.50. The molecular formula is C14H15N3O4. The molecule has 0 bridgehead atoms. The van der Waals surface area contributed by atoms with Gasteiger partial charge in [-0.1, -0.05) is 17.7 Å². The molecule has 2 aromatic rings. The molecule has 0 N–H and O–H groups in total.